The van der Waals surface area contributed by atoms with E-state index in [0.717, 1.165) is 17.0 Å². The van der Waals surface area contributed by atoms with Crippen LogP contribution in [-0.4, -0.2) is 44.3 Å². The van der Waals surface area contributed by atoms with Gasteiger partial charge in [0.05, 0.1) is 18.5 Å². The minimum absolute atomic E-state index is 0.103. The summed E-state index contributed by atoms with van der Waals surface area (Å²) in [6.45, 7) is 6.09. The van der Waals surface area contributed by atoms with Crippen molar-refractivity contribution in [2.24, 2.45) is 0 Å². The van der Waals surface area contributed by atoms with E-state index in [1.54, 1.807) is 24.9 Å². The van der Waals surface area contributed by atoms with E-state index >= 15 is 0 Å². The van der Waals surface area contributed by atoms with Crippen LogP contribution in [0, 0.1) is 6.92 Å². The lowest BCUT2D eigenvalue weighted by Gasteiger charge is -2.06. The molecule has 0 saturated heterocycles. The quantitative estimate of drug-likeness (QED) is 0.489. The summed E-state index contributed by atoms with van der Waals surface area (Å²) >= 11 is 0. The molecule has 1 N–H and O–H groups in total. The third kappa shape index (κ3) is 4.25. The molecule has 4 aromatic rings. The Hall–Kier alpha value is -3.75. The molecule has 0 saturated carbocycles. The summed E-state index contributed by atoms with van der Waals surface area (Å²) in [6, 6.07) is 9.56. The average Bonchev–Trinajstić information content (AvgIpc) is 3.36. The summed E-state index contributed by atoms with van der Waals surface area (Å²) in [4.78, 5) is 21.6. The second-order valence-corrected chi connectivity index (χ2v) is 7.49. The largest absolute Gasteiger partial charge is 0.497 e. The van der Waals surface area contributed by atoms with Crippen LogP contribution < -0.4 is 10.1 Å². The molecule has 0 atom stereocenters. The number of carbonyl (C=O) groups excluding carboxylic acids is 1. The first-order chi connectivity index (χ1) is 15.0. The number of hydrogen-bond donors (Lipinski definition) is 1. The van der Waals surface area contributed by atoms with Crippen molar-refractivity contribution < 1.29 is 14.1 Å². The normalized spacial score (nSPS) is 11.3. The zero-order valence-electron chi connectivity index (χ0n) is 17.9. The fourth-order valence-corrected chi connectivity index (χ4v) is 3.30. The van der Waals surface area contributed by atoms with Crippen LogP contribution >= 0.6 is 0 Å². The molecule has 0 fully saturated rings. The number of nitrogens with one attached hydrogen (secondary N) is 1. The third-order valence-electron chi connectivity index (χ3n) is 4.96. The molecule has 0 aliphatic carbocycles. The third-order valence-corrected chi connectivity index (χ3v) is 4.96. The number of aryl methyl sites for hydroxylation is 1. The Labute approximate surface area is 179 Å². The number of carbonyl (C=O) groups is 1. The van der Waals surface area contributed by atoms with Crippen LogP contribution in [0.4, 0.5) is 0 Å². The minimum Gasteiger partial charge on any atom is -0.497 e. The van der Waals surface area contributed by atoms with E-state index in [4.69, 9.17) is 9.26 Å². The number of nitrogens with zero attached hydrogens (tertiary/aromatic N) is 5. The molecule has 160 valence electrons. The Balaban J connectivity index is 1.43. The van der Waals surface area contributed by atoms with Gasteiger partial charge in [0.15, 0.2) is 11.5 Å². The summed E-state index contributed by atoms with van der Waals surface area (Å²) in [5, 5.41) is 11.3. The molecular weight excluding hydrogens is 396 g/mol. The standard InChI is InChI=1S/C22H24N6O3/c1-13(2)21-20(14(3)31-27-21)22(29)23-10-9-18-25-19-11-17(24-12-28(19)26-18)15-5-7-16(30-4)8-6-15/h5-8,11-13H,9-10H2,1-4H3,(H,23,29). The molecule has 9 nitrogen and oxygen atoms in total. The maximum Gasteiger partial charge on any atom is 0.256 e. The second-order valence-electron chi connectivity index (χ2n) is 7.49. The van der Waals surface area contributed by atoms with Crippen LogP contribution in [0.1, 0.15) is 47.4 Å². The van der Waals surface area contributed by atoms with Crippen molar-refractivity contribution in [2.45, 2.75) is 33.1 Å². The predicted molar refractivity (Wildman–Crippen MR) is 114 cm³/mol. The van der Waals surface area contributed by atoms with Crippen LogP contribution in [0.25, 0.3) is 16.9 Å². The topological polar surface area (TPSA) is 107 Å². The molecule has 0 spiro atoms. The van der Waals surface area contributed by atoms with Gasteiger partial charge in [-0.15, -0.1) is 5.10 Å². The van der Waals surface area contributed by atoms with Gasteiger partial charge in [0.2, 0.25) is 0 Å². The van der Waals surface area contributed by atoms with Crippen LogP contribution in [0.2, 0.25) is 0 Å². The number of ether oxygens (including phenoxy) is 1. The summed E-state index contributed by atoms with van der Waals surface area (Å²) in [6.07, 6.45) is 2.13. The Morgan fingerprint density at radius 2 is 2.03 bits per heavy atom. The smallest absolute Gasteiger partial charge is 0.256 e. The average molecular weight is 420 g/mol. The van der Waals surface area contributed by atoms with E-state index in [1.807, 2.05) is 44.2 Å². The highest BCUT2D eigenvalue weighted by Gasteiger charge is 2.22. The van der Waals surface area contributed by atoms with Crippen molar-refractivity contribution >= 4 is 11.6 Å². The van der Waals surface area contributed by atoms with Crippen molar-refractivity contribution in [3.8, 4) is 17.0 Å². The van der Waals surface area contributed by atoms with Gasteiger partial charge in [-0.05, 0) is 37.1 Å². The summed E-state index contributed by atoms with van der Waals surface area (Å²) < 4.78 is 12.0. The fourth-order valence-electron chi connectivity index (χ4n) is 3.30. The Morgan fingerprint density at radius 1 is 1.26 bits per heavy atom. The second kappa shape index (κ2) is 8.55. The highest BCUT2D eigenvalue weighted by atomic mass is 16.5. The highest BCUT2D eigenvalue weighted by Crippen LogP contribution is 2.22. The number of benzene rings is 1. The SMILES string of the molecule is COc1ccc(-c2cc3nc(CCNC(=O)c4c(C(C)C)noc4C)nn3cn2)cc1. The number of hydrogen-bond acceptors (Lipinski definition) is 7. The lowest BCUT2D eigenvalue weighted by molar-refractivity contribution is 0.0951. The molecule has 0 radical (unpaired) electrons. The Bertz CT molecular complexity index is 1210. The molecular formula is C22H24N6O3. The first-order valence-electron chi connectivity index (χ1n) is 10.1. The van der Waals surface area contributed by atoms with Crippen molar-refractivity contribution in [1.82, 2.24) is 30.1 Å². The summed E-state index contributed by atoms with van der Waals surface area (Å²) in [7, 11) is 1.63. The van der Waals surface area contributed by atoms with Gasteiger partial charge in [0.1, 0.15) is 23.4 Å². The van der Waals surface area contributed by atoms with E-state index in [0.29, 0.717) is 41.5 Å². The zero-order chi connectivity index (χ0) is 22.0. The Morgan fingerprint density at radius 3 is 2.74 bits per heavy atom. The number of fused-ring (bicyclic) bond motifs is 1. The van der Waals surface area contributed by atoms with Gasteiger partial charge < -0.3 is 14.6 Å². The van der Waals surface area contributed by atoms with Crippen LogP contribution in [0.5, 0.6) is 5.75 Å². The first-order valence-corrected chi connectivity index (χ1v) is 10.1. The molecule has 4 rings (SSSR count). The first kappa shape index (κ1) is 20.5. The maximum absolute atomic E-state index is 12.6. The number of rotatable bonds is 7. The Kier molecular flexibility index (Phi) is 5.66. The van der Waals surface area contributed by atoms with Crippen LogP contribution in [0.15, 0.2) is 41.2 Å². The van der Waals surface area contributed by atoms with E-state index in [1.165, 1.54) is 0 Å². The van der Waals surface area contributed by atoms with Crippen LogP contribution in [0.3, 0.4) is 0 Å². The van der Waals surface area contributed by atoms with Gasteiger partial charge in [-0.2, -0.15) is 0 Å². The number of amides is 1. The molecule has 3 heterocycles. The zero-order valence-corrected chi connectivity index (χ0v) is 17.9. The summed E-state index contributed by atoms with van der Waals surface area (Å²) in [5.41, 5.74) is 3.63. The van der Waals surface area contributed by atoms with Gasteiger partial charge in [0.25, 0.3) is 5.91 Å². The monoisotopic (exact) mass is 420 g/mol. The van der Waals surface area contributed by atoms with E-state index < -0.39 is 0 Å². The van der Waals surface area contributed by atoms with E-state index in [2.05, 4.69) is 25.5 Å². The van der Waals surface area contributed by atoms with Crippen molar-refractivity contribution in [2.75, 3.05) is 13.7 Å². The van der Waals surface area contributed by atoms with E-state index in [-0.39, 0.29) is 11.8 Å². The molecule has 1 aromatic carbocycles. The van der Waals surface area contributed by atoms with Gasteiger partial charge in [-0.3, -0.25) is 4.79 Å². The molecule has 0 unspecified atom stereocenters. The molecule has 0 aliphatic rings. The number of methoxy groups -OCH3 is 1. The van der Waals surface area contributed by atoms with E-state index in [9.17, 15) is 4.79 Å². The van der Waals surface area contributed by atoms with Crippen molar-refractivity contribution in [1.29, 1.82) is 0 Å². The number of aromatic nitrogens is 5. The molecule has 0 aliphatic heterocycles. The molecule has 9 heteroatoms. The fraction of sp³-hybridized carbons (Fsp3) is 0.318. The van der Waals surface area contributed by atoms with Gasteiger partial charge in [-0.1, -0.05) is 19.0 Å². The maximum atomic E-state index is 12.6. The lowest BCUT2D eigenvalue weighted by Crippen LogP contribution is -2.27. The van der Waals surface area contributed by atoms with Gasteiger partial charge in [0, 0.05) is 24.6 Å². The molecule has 0 bridgehead atoms. The predicted octanol–water partition coefficient (Wildman–Crippen LogP) is 3.19. The molecule has 31 heavy (non-hydrogen) atoms. The van der Waals surface area contributed by atoms with Gasteiger partial charge in [-0.25, -0.2) is 14.5 Å². The summed E-state index contributed by atoms with van der Waals surface area (Å²) in [5.74, 6) is 1.84. The van der Waals surface area contributed by atoms with Crippen molar-refractivity contribution in [3.05, 3.63) is 59.5 Å². The van der Waals surface area contributed by atoms with Crippen molar-refractivity contribution in [3.63, 3.8) is 0 Å². The van der Waals surface area contributed by atoms with Crippen LogP contribution in [-0.2, 0) is 6.42 Å². The lowest BCUT2D eigenvalue weighted by atomic mass is 10.0. The molecule has 1 amide bonds. The minimum atomic E-state index is -0.199. The molecule has 3 aromatic heterocycles. The van der Waals surface area contributed by atoms with Gasteiger partial charge >= 0.3 is 0 Å². The highest BCUT2D eigenvalue weighted by molar-refractivity contribution is 5.96.